The predicted octanol–water partition coefficient (Wildman–Crippen LogP) is 12.2. The van der Waals surface area contributed by atoms with Crippen LogP contribution < -0.4 is 4.90 Å². The van der Waals surface area contributed by atoms with Crippen molar-refractivity contribution in [3.63, 3.8) is 0 Å². The van der Waals surface area contributed by atoms with Gasteiger partial charge in [-0.2, -0.15) is 0 Å². The molecule has 2 nitrogen and oxygen atoms in total. The number of rotatable bonds is 5. The Morgan fingerprint density at radius 2 is 0.957 bits per heavy atom. The second-order valence-electron chi connectivity index (χ2n) is 11.8. The van der Waals surface area contributed by atoms with E-state index in [9.17, 15) is 0 Å². The lowest BCUT2D eigenvalue weighted by Gasteiger charge is -2.26. The summed E-state index contributed by atoms with van der Waals surface area (Å²) in [5.74, 6) is 0. The highest BCUT2D eigenvalue weighted by Crippen LogP contribution is 2.43. The number of nitrogens with zero attached hydrogens (tertiary/aromatic N) is 2. The van der Waals surface area contributed by atoms with E-state index in [1.807, 2.05) is 0 Å². The standard InChI is InChI=1S/C44H30N2/c1-5-15-31(16-6-1)39-27-32-28-42-38-23-13-14-24-43(38)46(35-21-11-4-12-22-35)44(42)30-40(32)37-26-25-36(29-41(37)39)45(33-17-7-2-8-18-33)34-19-9-3-10-20-34/h1-30H. The van der Waals surface area contributed by atoms with Crippen LogP contribution in [-0.4, -0.2) is 4.57 Å². The topological polar surface area (TPSA) is 8.17 Å². The summed E-state index contributed by atoms with van der Waals surface area (Å²) in [5, 5.41) is 7.50. The molecule has 0 N–H and O–H groups in total. The van der Waals surface area contributed by atoms with Crippen molar-refractivity contribution in [1.82, 2.24) is 4.57 Å². The van der Waals surface area contributed by atoms with Crippen LogP contribution >= 0.6 is 0 Å². The summed E-state index contributed by atoms with van der Waals surface area (Å²) in [6.07, 6.45) is 0. The first-order valence-corrected chi connectivity index (χ1v) is 15.8. The molecule has 46 heavy (non-hydrogen) atoms. The van der Waals surface area contributed by atoms with E-state index in [1.165, 1.54) is 60.2 Å². The van der Waals surface area contributed by atoms with Crippen LogP contribution in [0, 0.1) is 0 Å². The number of hydrogen-bond acceptors (Lipinski definition) is 1. The molecule has 0 aliphatic rings. The molecule has 9 rings (SSSR count). The minimum Gasteiger partial charge on any atom is -0.310 e. The second kappa shape index (κ2) is 10.8. The van der Waals surface area contributed by atoms with E-state index in [-0.39, 0.29) is 0 Å². The van der Waals surface area contributed by atoms with Crippen LogP contribution in [0.15, 0.2) is 182 Å². The highest BCUT2D eigenvalue weighted by Gasteiger charge is 2.18. The largest absolute Gasteiger partial charge is 0.310 e. The molecule has 216 valence electrons. The zero-order valence-corrected chi connectivity index (χ0v) is 25.2. The Bertz CT molecular complexity index is 2460. The number of benzene rings is 8. The molecular weight excluding hydrogens is 556 g/mol. The van der Waals surface area contributed by atoms with Gasteiger partial charge in [0.1, 0.15) is 0 Å². The maximum absolute atomic E-state index is 2.40. The smallest absolute Gasteiger partial charge is 0.0547 e. The minimum atomic E-state index is 1.13. The molecule has 0 saturated carbocycles. The SMILES string of the molecule is c1ccc(-c2cc3cc4c5ccccc5n(-c5ccccc5)c4cc3c3ccc(N(c4ccccc4)c4ccccc4)cc23)cc1. The molecule has 0 radical (unpaired) electrons. The fourth-order valence-corrected chi connectivity index (χ4v) is 7.06. The first kappa shape index (κ1) is 26.3. The maximum Gasteiger partial charge on any atom is 0.0547 e. The van der Waals surface area contributed by atoms with Crippen molar-refractivity contribution < 1.29 is 0 Å². The predicted molar refractivity (Wildman–Crippen MR) is 196 cm³/mol. The first-order chi connectivity index (χ1) is 22.8. The highest BCUT2D eigenvalue weighted by atomic mass is 15.1. The van der Waals surface area contributed by atoms with Crippen molar-refractivity contribution in [2.24, 2.45) is 0 Å². The molecule has 0 atom stereocenters. The average Bonchev–Trinajstić information content (AvgIpc) is 3.45. The van der Waals surface area contributed by atoms with Crippen LogP contribution in [0.4, 0.5) is 17.1 Å². The highest BCUT2D eigenvalue weighted by molar-refractivity contribution is 6.21. The van der Waals surface area contributed by atoms with E-state index in [0.717, 1.165) is 17.1 Å². The van der Waals surface area contributed by atoms with Crippen molar-refractivity contribution in [1.29, 1.82) is 0 Å². The summed E-state index contributed by atoms with van der Waals surface area (Å²) in [6, 6.07) is 65.7. The fraction of sp³-hybridized carbons (Fsp3) is 0. The van der Waals surface area contributed by atoms with Crippen LogP contribution in [0.2, 0.25) is 0 Å². The number of fused-ring (bicyclic) bond motifs is 6. The molecule has 9 aromatic rings. The Hall–Kier alpha value is -6.12. The molecule has 0 spiro atoms. The van der Waals surface area contributed by atoms with E-state index in [1.54, 1.807) is 0 Å². The van der Waals surface area contributed by atoms with Gasteiger partial charge in [-0.05, 0) is 105 Å². The average molecular weight is 587 g/mol. The van der Waals surface area contributed by atoms with Gasteiger partial charge in [-0.25, -0.2) is 0 Å². The Morgan fingerprint density at radius 3 is 1.65 bits per heavy atom. The Balaban J connectivity index is 1.37. The van der Waals surface area contributed by atoms with Gasteiger partial charge in [0.2, 0.25) is 0 Å². The van der Waals surface area contributed by atoms with Gasteiger partial charge in [-0.15, -0.1) is 0 Å². The number of aromatic nitrogens is 1. The Labute approximate surface area is 268 Å². The molecular formula is C44H30N2. The van der Waals surface area contributed by atoms with Gasteiger partial charge in [0.25, 0.3) is 0 Å². The van der Waals surface area contributed by atoms with Crippen LogP contribution in [0.1, 0.15) is 0 Å². The summed E-state index contributed by atoms with van der Waals surface area (Å²) in [4.78, 5) is 2.34. The van der Waals surface area contributed by atoms with Crippen molar-refractivity contribution in [2.45, 2.75) is 0 Å². The molecule has 1 heterocycles. The van der Waals surface area contributed by atoms with Crippen LogP contribution in [-0.2, 0) is 0 Å². The minimum absolute atomic E-state index is 1.13. The van der Waals surface area contributed by atoms with Gasteiger partial charge in [0, 0.05) is 33.5 Å². The normalized spacial score (nSPS) is 11.5. The lowest BCUT2D eigenvalue weighted by atomic mass is 9.92. The number of hydrogen-bond donors (Lipinski definition) is 0. The third kappa shape index (κ3) is 4.27. The molecule has 1 aromatic heterocycles. The van der Waals surface area contributed by atoms with Gasteiger partial charge >= 0.3 is 0 Å². The summed E-state index contributed by atoms with van der Waals surface area (Å²) in [7, 11) is 0. The molecule has 0 aliphatic carbocycles. The van der Waals surface area contributed by atoms with Crippen LogP contribution in [0.5, 0.6) is 0 Å². The van der Waals surface area contributed by atoms with Gasteiger partial charge in [-0.3, -0.25) is 0 Å². The van der Waals surface area contributed by atoms with Crippen molar-refractivity contribution in [3.8, 4) is 16.8 Å². The number of anilines is 3. The Kier molecular flexibility index (Phi) is 6.17. The van der Waals surface area contributed by atoms with Crippen molar-refractivity contribution in [2.75, 3.05) is 4.90 Å². The monoisotopic (exact) mass is 586 g/mol. The molecule has 8 aromatic carbocycles. The van der Waals surface area contributed by atoms with Crippen molar-refractivity contribution in [3.05, 3.63) is 182 Å². The van der Waals surface area contributed by atoms with E-state index >= 15 is 0 Å². The number of para-hydroxylation sites is 4. The quantitative estimate of drug-likeness (QED) is 0.182. The summed E-state index contributed by atoms with van der Waals surface area (Å²) in [5.41, 5.74) is 9.43. The molecule has 0 bridgehead atoms. The molecule has 0 unspecified atom stereocenters. The zero-order chi connectivity index (χ0) is 30.5. The lowest BCUT2D eigenvalue weighted by Crippen LogP contribution is -2.09. The molecule has 0 fully saturated rings. The van der Waals surface area contributed by atoms with Gasteiger partial charge in [-0.1, -0.05) is 109 Å². The Morgan fingerprint density at radius 1 is 0.348 bits per heavy atom. The van der Waals surface area contributed by atoms with Gasteiger partial charge in [0.15, 0.2) is 0 Å². The second-order valence-corrected chi connectivity index (χ2v) is 11.8. The lowest BCUT2D eigenvalue weighted by molar-refractivity contribution is 1.18. The fourth-order valence-electron chi connectivity index (χ4n) is 7.06. The van der Waals surface area contributed by atoms with Crippen LogP contribution in [0.3, 0.4) is 0 Å². The van der Waals surface area contributed by atoms with Crippen molar-refractivity contribution >= 4 is 60.4 Å². The maximum atomic E-state index is 2.40. The first-order valence-electron chi connectivity index (χ1n) is 15.8. The molecule has 2 heteroatoms. The molecule has 0 aliphatic heterocycles. The summed E-state index contributed by atoms with van der Waals surface area (Å²) < 4.78 is 2.40. The zero-order valence-electron chi connectivity index (χ0n) is 25.2. The molecule has 0 amide bonds. The summed E-state index contributed by atoms with van der Waals surface area (Å²) >= 11 is 0. The van der Waals surface area contributed by atoms with E-state index in [4.69, 9.17) is 0 Å². The van der Waals surface area contributed by atoms with E-state index in [2.05, 4.69) is 191 Å². The molecule has 0 saturated heterocycles. The van der Waals surface area contributed by atoms with E-state index in [0.29, 0.717) is 0 Å². The summed E-state index contributed by atoms with van der Waals surface area (Å²) in [6.45, 7) is 0. The van der Waals surface area contributed by atoms with Gasteiger partial charge < -0.3 is 9.47 Å². The van der Waals surface area contributed by atoms with Crippen LogP contribution in [0.25, 0.3) is 60.2 Å². The van der Waals surface area contributed by atoms with Gasteiger partial charge in [0.05, 0.1) is 11.0 Å². The van der Waals surface area contributed by atoms with E-state index < -0.39 is 0 Å². The third-order valence-electron chi connectivity index (χ3n) is 9.11. The third-order valence-corrected chi connectivity index (χ3v) is 9.11.